The highest BCUT2D eigenvalue weighted by Gasteiger charge is 2.28. The molecule has 7 heteroatoms. The van der Waals surface area contributed by atoms with Gasteiger partial charge in [-0.1, -0.05) is 11.6 Å². The molecule has 1 N–H and O–H groups in total. The number of hydrogen-bond donors (Lipinski definition) is 1. The fourth-order valence-electron chi connectivity index (χ4n) is 3.48. The number of carboxylic acids is 1. The van der Waals surface area contributed by atoms with Gasteiger partial charge >= 0.3 is 5.97 Å². The Kier molecular flexibility index (Phi) is 4.08. The molecule has 3 aromatic rings. The van der Waals surface area contributed by atoms with Gasteiger partial charge < -0.3 is 14.6 Å². The summed E-state index contributed by atoms with van der Waals surface area (Å²) in [5.74, 6) is -0.949. The van der Waals surface area contributed by atoms with Crippen LogP contribution in [0.4, 0.5) is 0 Å². The van der Waals surface area contributed by atoms with Crippen molar-refractivity contribution in [3.63, 3.8) is 0 Å². The summed E-state index contributed by atoms with van der Waals surface area (Å²) >= 11 is 5.92. The average molecular weight is 386 g/mol. The second-order valence-electron chi connectivity index (χ2n) is 6.43. The highest BCUT2D eigenvalue weighted by Crippen LogP contribution is 2.41. The average Bonchev–Trinajstić information content (AvgIpc) is 3.20. The van der Waals surface area contributed by atoms with Gasteiger partial charge in [-0.15, -0.1) is 0 Å². The molecule has 0 aliphatic carbocycles. The molecule has 0 radical (unpaired) electrons. The summed E-state index contributed by atoms with van der Waals surface area (Å²) in [7, 11) is 0. The molecular weight excluding hydrogens is 370 g/mol. The van der Waals surface area contributed by atoms with Gasteiger partial charge in [-0.3, -0.25) is 14.2 Å². The van der Waals surface area contributed by atoms with E-state index in [0.29, 0.717) is 44.2 Å². The molecule has 0 saturated carbocycles. The number of hydrogen-bond acceptors (Lipinski definition) is 4. The molecule has 6 nitrogen and oxygen atoms in total. The first kappa shape index (κ1) is 17.4. The maximum Gasteiger partial charge on any atom is 0.310 e. The van der Waals surface area contributed by atoms with Crippen molar-refractivity contribution >= 4 is 34.4 Å². The molecule has 2 heterocycles. The van der Waals surface area contributed by atoms with Crippen molar-refractivity contribution in [2.75, 3.05) is 6.79 Å². The van der Waals surface area contributed by atoms with Crippen molar-refractivity contribution in [2.24, 2.45) is 0 Å². The van der Waals surface area contributed by atoms with Crippen molar-refractivity contribution in [3.05, 3.63) is 58.2 Å². The lowest BCUT2D eigenvalue weighted by Crippen LogP contribution is -2.15. The summed E-state index contributed by atoms with van der Waals surface area (Å²) in [4.78, 5) is 24.8. The number of rotatable bonds is 3. The highest BCUT2D eigenvalue weighted by molar-refractivity contribution is 6.30. The fraction of sp³-hybridized carbons (Fsp3) is 0.200. The van der Waals surface area contributed by atoms with E-state index < -0.39 is 11.9 Å². The van der Waals surface area contributed by atoms with Crippen molar-refractivity contribution in [2.45, 2.75) is 19.8 Å². The first-order chi connectivity index (χ1) is 12.9. The monoisotopic (exact) mass is 385 g/mol. The molecule has 0 spiro atoms. The lowest BCUT2D eigenvalue weighted by atomic mass is 9.98. The highest BCUT2D eigenvalue weighted by atomic mass is 35.5. The molecule has 138 valence electrons. The third kappa shape index (κ3) is 2.73. The molecule has 1 unspecified atom stereocenters. The standard InChI is InChI=1S/C20H16ClNO5/c1-10(20(24)25)18-11(2)22(19(23)12-3-5-13(21)6-4-12)15-8-17-16(7-14(15)18)26-9-27-17/h3-8,10H,9H2,1-2H3,(H,24,25). The van der Waals surface area contributed by atoms with Gasteiger partial charge in [-0.2, -0.15) is 0 Å². The molecular formula is C20H16ClNO5. The Balaban J connectivity index is 1.99. The number of benzene rings is 2. The van der Waals surface area contributed by atoms with Gasteiger partial charge in [0, 0.05) is 27.7 Å². The molecule has 1 aliphatic heterocycles. The van der Waals surface area contributed by atoms with Crippen LogP contribution in [0, 0.1) is 6.92 Å². The molecule has 2 aromatic carbocycles. The summed E-state index contributed by atoms with van der Waals surface area (Å²) in [5.41, 5.74) is 2.19. The van der Waals surface area contributed by atoms with E-state index in [9.17, 15) is 14.7 Å². The van der Waals surface area contributed by atoms with Crippen LogP contribution < -0.4 is 9.47 Å². The van der Waals surface area contributed by atoms with E-state index >= 15 is 0 Å². The van der Waals surface area contributed by atoms with E-state index in [1.807, 2.05) is 0 Å². The van der Waals surface area contributed by atoms with Crippen molar-refractivity contribution in [1.82, 2.24) is 4.57 Å². The van der Waals surface area contributed by atoms with Gasteiger partial charge in [0.2, 0.25) is 6.79 Å². The van der Waals surface area contributed by atoms with Gasteiger partial charge in [0.1, 0.15) is 0 Å². The van der Waals surface area contributed by atoms with Crippen LogP contribution in [-0.2, 0) is 4.79 Å². The van der Waals surface area contributed by atoms with Crippen LogP contribution in [0.25, 0.3) is 10.9 Å². The zero-order chi connectivity index (χ0) is 19.3. The van der Waals surface area contributed by atoms with Crippen molar-refractivity contribution in [3.8, 4) is 11.5 Å². The number of aromatic nitrogens is 1. The van der Waals surface area contributed by atoms with E-state index in [2.05, 4.69) is 0 Å². The normalized spacial score (nSPS) is 13.7. The summed E-state index contributed by atoms with van der Waals surface area (Å²) in [6.07, 6.45) is 0. The zero-order valence-corrected chi connectivity index (χ0v) is 15.4. The van der Waals surface area contributed by atoms with Crippen LogP contribution in [0.1, 0.15) is 34.5 Å². The Morgan fingerprint density at radius 3 is 2.41 bits per heavy atom. The summed E-state index contributed by atoms with van der Waals surface area (Å²) in [6, 6.07) is 10.0. The minimum Gasteiger partial charge on any atom is -0.481 e. The molecule has 4 rings (SSSR count). The van der Waals surface area contributed by atoms with Gasteiger partial charge in [-0.25, -0.2) is 0 Å². The summed E-state index contributed by atoms with van der Waals surface area (Å²) in [5, 5.41) is 10.7. The molecule has 0 saturated heterocycles. The lowest BCUT2D eigenvalue weighted by Gasteiger charge is -2.09. The third-order valence-corrected chi connectivity index (χ3v) is 5.10. The first-order valence-corrected chi connectivity index (χ1v) is 8.74. The predicted molar refractivity (Wildman–Crippen MR) is 100 cm³/mol. The largest absolute Gasteiger partial charge is 0.481 e. The number of halogens is 1. The van der Waals surface area contributed by atoms with E-state index in [1.165, 1.54) is 4.57 Å². The Hall–Kier alpha value is -2.99. The van der Waals surface area contributed by atoms with E-state index in [-0.39, 0.29) is 12.7 Å². The lowest BCUT2D eigenvalue weighted by molar-refractivity contribution is -0.138. The number of fused-ring (bicyclic) bond motifs is 2. The van der Waals surface area contributed by atoms with Crippen LogP contribution in [0.15, 0.2) is 36.4 Å². The Labute approximate surface area is 159 Å². The number of aliphatic carboxylic acids is 1. The Bertz CT molecular complexity index is 1080. The second kappa shape index (κ2) is 6.32. The maximum absolute atomic E-state index is 13.2. The smallest absolute Gasteiger partial charge is 0.310 e. The maximum atomic E-state index is 13.2. The topological polar surface area (TPSA) is 77.8 Å². The van der Waals surface area contributed by atoms with Gasteiger partial charge in [-0.05, 0) is 49.7 Å². The quantitative estimate of drug-likeness (QED) is 0.730. The van der Waals surface area contributed by atoms with E-state index in [4.69, 9.17) is 21.1 Å². The number of carbonyl (C=O) groups is 2. The third-order valence-electron chi connectivity index (χ3n) is 4.84. The van der Waals surface area contributed by atoms with Crippen LogP contribution in [-0.4, -0.2) is 28.3 Å². The number of ether oxygens (including phenoxy) is 2. The molecule has 0 fully saturated rings. The predicted octanol–water partition coefficient (Wildman–Crippen LogP) is 4.21. The van der Waals surface area contributed by atoms with Crippen molar-refractivity contribution in [1.29, 1.82) is 0 Å². The molecule has 1 atom stereocenters. The molecule has 1 aromatic heterocycles. The Morgan fingerprint density at radius 2 is 1.78 bits per heavy atom. The zero-order valence-electron chi connectivity index (χ0n) is 14.7. The van der Waals surface area contributed by atoms with E-state index in [0.717, 1.165) is 0 Å². The minimum atomic E-state index is -0.964. The molecule has 0 amide bonds. The molecule has 1 aliphatic rings. The molecule has 0 bridgehead atoms. The molecule has 27 heavy (non-hydrogen) atoms. The Morgan fingerprint density at radius 1 is 1.15 bits per heavy atom. The second-order valence-corrected chi connectivity index (χ2v) is 6.87. The van der Waals surface area contributed by atoms with E-state index in [1.54, 1.807) is 50.2 Å². The van der Waals surface area contributed by atoms with Crippen LogP contribution in [0.5, 0.6) is 11.5 Å². The van der Waals surface area contributed by atoms with Crippen LogP contribution in [0.3, 0.4) is 0 Å². The minimum absolute atomic E-state index is 0.0931. The van der Waals surface area contributed by atoms with Crippen LogP contribution >= 0.6 is 11.6 Å². The van der Waals surface area contributed by atoms with Crippen LogP contribution in [0.2, 0.25) is 5.02 Å². The SMILES string of the molecule is Cc1c(C(C)C(=O)O)c2cc3c(cc2n1C(=O)c1ccc(Cl)cc1)OCO3. The summed E-state index contributed by atoms with van der Waals surface area (Å²) in [6.45, 7) is 3.44. The van der Waals surface area contributed by atoms with Gasteiger partial charge in [0.15, 0.2) is 11.5 Å². The number of carbonyl (C=O) groups excluding carboxylic acids is 1. The van der Waals surface area contributed by atoms with Gasteiger partial charge in [0.05, 0.1) is 11.4 Å². The summed E-state index contributed by atoms with van der Waals surface area (Å²) < 4.78 is 12.4. The first-order valence-electron chi connectivity index (χ1n) is 8.36. The van der Waals surface area contributed by atoms with Gasteiger partial charge in [0.25, 0.3) is 5.91 Å². The number of nitrogens with zero attached hydrogens (tertiary/aromatic N) is 1. The van der Waals surface area contributed by atoms with Crippen molar-refractivity contribution < 1.29 is 24.2 Å². The number of carboxylic acid groups (broad SMARTS) is 1. The fourth-order valence-corrected chi connectivity index (χ4v) is 3.61.